The molecular weight excluding hydrogens is 478 g/mol. The number of thiocarbonyl (C=S) groups is 1. The van der Waals surface area contributed by atoms with Gasteiger partial charge in [0.2, 0.25) is 0 Å². The summed E-state index contributed by atoms with van der Waals surface area (Å²) in [6.07, 6.45) is 4.23. The molecule has 0 atom stereocenters. The molecule has 0 bridgehead atoms. The first kappa shape index (κ1) is 26.8. The van der Waals surface area contributed by atoms with Gasteiger partial charge in [0.05, 0.1) is 24.7 Å². The van der Waals surface area contributed by atoms with Gasteiger partial charge >= 0.3 is 0 Å². The van der Waals surface area contributed by atoms with Crippen molar-refractivity contribution in [3.05, 3.63) is 71.2 Å². The number of hydrogen-bond acceptors (Lipinski definition) is 6. The van der Waals surface area contributed by atoms with Crippen LogP contribution in [-0.4, -0.2) is 41.5 Å². The highest BCUT2D eigenvalue weighted by atomic mass is 32.2. The summed E-state index contributed by atoms with van der Waals surface area (Å²) in [5.74, 6) is 2.06. The first-order chi connectivity index (χ1) is 16.7. The Labute approximate surface area is 218 Å². The van der Waals surface area contributed by atoms with Gasteiger partial charge in [-0.05, 0) is 53.8 Å². The van der Waals surface area contributed by atoms with Crippen LogP contribution < -0.4 is 14.2 Å². The highest BCUT2D eigenvalue weighted by Gasteiger charge is 2.31. The van der Waals surface area contributed by atoms with E-state index >= 15 is 0 Å². The Morgan fingerprint density at radius 3 is 2.40 bits per heavy atom. The van der Waals surface area contributed by atoms with Crippen LogP contribution in [-0.2, 0) is 10.2 Å². The standard InChI is InChI=1S/C28H33NO4S2/c1-6-15-29-26(30)25(35-27(29)34)19-20-9-14-23(24(18-20)31-7-2)33-17-8-16-32-22-12-10-21(11-13-22)28(3,4)5/h6,9-14,18-19H,1,7-8,15-17H2,2-5H3/b25-19+. The van der Waals surface area contributed by atoms with Gasteiger partial charge in [0.15, 0.2) is 11.5 Å². The predicted molar refractivity (Wildman–Crippen MR) is 148 cm³/mol. The van der Waals surface area contributed by atoms with E-state index in [-0.39, 0.29) is 11.3 Å². The molecule has 0 spiro atoms. The molecule has 2 aromatic rings. The molecule has 0 aromatic heterocycles. The van der Waals surface area contributed by atoms with Crippen LogP contribution in [0.25, 0.3) is 6.08 Å². The summed E-state index contributed by atoms with van der Waals surface area (Å²) in [4.78, 5) is 14.7. The van der Waals surface area contributed by atoms with Crippen LogP contribution >= 0.6 is 24.0 Å². The zero-order valence-electron chi connectivity index (χ0n) is 20.8. The zero-order chi connectivity index (χ0) is 25.4. The largest absolute Gasteiger partial charge is 0.493 e. The maximum atomic E-state index is 12.6. The first-order valence-corrected chi connectivity index (χ1v) is 12.9. The lowest BCUT2D eigenvalue weighted by Gasteiger charge is -2.19. The molecule has 1 amide bonds. The third-order valence-electron chi connectivity index (χ3n) is 5.29. The van der Waals surface area contributed by atoms with Crippen LogP contribution in [0.1, 0.15) is 45.2 Å². The molecule has 0 unspecified atom stereocenters. The van der Waals surface area contributed by atoms with Crippen LogP contribution in [0.4, 0.5) is 0 Å². The summed E-state index contributed by atoms with van der Waals surface area (Å²) < 4.78 is 18.1. The van der Waals surface area contributed by atoms with Gasteiger partial charge in [-0.25, -0.2) is 0 Å². The van der Waals surface area contributed by atoms with E-state index in [2.05, 4.69) is 39.5 Å². The van der Waals surface area contributed by atoms with Gasteiger partial charge < -0.3 is 14.2 Å². The number of ether oxygens (including phenoxy) is 3. The highest BCUT2D eigenvalue weighted by molar-refractivity contribution is 8.26. The van der Waals surface area contributed by atoms with E-state index in [4.69, 9.17) is 26.4 Å². The molecule has 1 aliphatic rings. The van der Waals surface area contributed by atoms with Crippen molar-refractivity contribution >= 4 is 40.3 Å². The summed E-state index contributed by atoms with van der Waals surface area (Å²) in [5, 5.41) is 0. The molecule has 0 radical (unpaired) electrons. The zero-order valence-corrected chi connectivity index (χ0v) is 22.5. The normalized spacial score (nSPS) is 15.0. The highest BCUT2D eigenvalue weighted by Crippen LogP contribution is 2.35. The topological polar surface area (TPSA) is 48.0 Å². The predicted octanol–water partition coefficient (Wildman–Crippen LogP) is 6.62. The molecular formula is C28H33NO4S2. The minimum absolute atomic E-state index is 0.105. The van der Waals surface area contributed by atoms with E-state index in [0.717, 1.165) is 17.7 Å². The maximum absolute atomic E-state index is 12.6. The second kappa shape index (κ2) is 12.3. The molecule has 186 valence electrons. The van der Waals surface area contributed by atoms with Crippen LogP contribution in [0.5, 0.6) is 17.2 Å². The van der Waals surface area contributed by atoms with Gasteiger partial charge in [-0.2, -0.15) is 0 Å². The third kappa shape index (κ3) is 7.36. The van der Waals surface area contributed by atoms with Crippen molar-refractivity contribution in [1.82, 2.24) is 4.90 Å². The van der Waals surface area contributed by atoms with Gasteiger partial charge in [0.1, 0.15) is 10.1 Å². The van der Waals surface area contributed by atoms with Crippen LogP contribution in [0, 0.1) is 0 Å². The monoisotopic (exact) mass is 511 g/mol. The Hall–Kier alpha value is -2.77. The summed E-state index contributed by atoms with van der Waals surface area (Å²) in [5.41, 5.74) is 2.26. The molecule has 3 rings (SSSR count). The fourth-order valence-corrected chi connectivity index (χ4v) is 4.70. The Kier molecular flexibility index (Phi) is 9.40. The van der Waals surface area contributed by atoms with E-state index < -0.39 is 0 Å². The SMILES string of the molecule is C=CCN1C(=O)/C(=C\c2ccc(OCCCOc3ccc(C(C)(C)C)cc3)c(OCC)c2)SC1=S. The Balaban J connectivity index is 1.56. The molecule has 0 N–H and O–H groups in total. The fraction of sp³-hybridized carbons (Fsp3) is 0.357. The van der Waals surface area contributed by atoms with E-state index in [1.54, 1.807) is 11.0 Å². The van der Waals surface area contributed by atoms with Crippen molar-refractivity contribution in [2.45, 2.75) is 39.5 Å². The first-order valence-electron chi connectivity index (χ1n) is 11.7. The molecule has 0 saturated carbocycles. The molecule has 7 heteroatoms. The molecule has 1 saturated heterocycles. The smallest absolute Gasteiger partial charge is 0.266 e. The van der Waals surface area contributed by atoms with Gasteiger partial charge in [0, 0.05) is 13.0 Å². The second-order valence-corrected chi connectivity index (χ2v) is 10.7. The lowest BCUT2D eigenvalue weighted by Crippen LogP contribution is -2.27. The molecule has 1 aliphatic heterocycles. The van der Waals surface area contributed by atoms with Gasteiger partial charge in [-0.15, -0.1) is 6.58 Å². The maximum Gasteiger partial charge on any atom is 0.266 e. The number of amides is 1. The number of carbonyl (C=O) groups is 1. The van der Waals surface area contributed by atoms with Crippen molar-refractivity contribution < 1.29 is 19.0 Å². The number of thioether (sulfide) groups is 1. The van der Waals surface area contributed by atoms with Crippen molar-refractivity contribution in [3.8, 4) is 17.2 Å². The minimum Gasteiger partial charge on any atom is -0.493 e. The summed E-state index contributed by atoms with van der Waals surface area (Å²) >= 11 is 6.60. The average Bonchev–Trinajstić information content (AvgIpc) is 3.07. The van der Waals surface area contributed by atoms with Crippen LogP contribution in [0.3, 0.4) is 0 Å². The number of carbonyl (C=O) groups excluding carboxylic acids is 1. The van der Waals surface area contributed by atoms with Gasteiger partial charge in [-0.1, -0.05) is 69.0 Å². The average molecular weight is 512 g/mol. The number of rotatable bonds is 11. The number of nitrogens with zero attached hydrogens (tertiary/aromatic N) is 1. The fourth-order valence-electron chi connectivity index (χ4n) is 3.42. The van der Waals surface area contributed by atoms with Crippen molar-refractivity contribution in [2.75, 3.05) is 26.4 Å². The second-order valence-electron chi connectivity index (χ2n) is 9.05. The van der Waals surface area contributed by atoms with Gasteiger partial charge in [0.25, 0.3) is 5.91 Å². The molecule has 5 nitrogen and oxygen atoms in total. The third-order valence-corrected chi connectivity index (χ3v) is 6.66. The molecule has 0 aliphatic carbocycles. The number of benzene rings is 2. The van der Waals surface area contributed by atoms with Crippen molar-refractivity contribution in [3.63, 3.8) is 0 Å². The lowest BCUT2D eigenvalue weighted by molar-refractivity contribution is -0.121. The molecule has 2 aromatic carbocycles. The number of hydrogen-bond donors (Lipinski definition) is 0. The minimum atomic E-state index is -0.105. The molecule has 1 heterocycles. The van der Waals surface area contributed by atoms with E-state index in [1.807, 2.05) is 43.3 Å². The van der Waals surface area contributed by atoms with Crippen LogP contribution in [0.2, 0.25) is 0 Å². The van der Waals surface area contributed by atoms with E-state index in [0.29, 0.717) is 47.1 Å². The Bertz CT molecular complexity index is 1090. The quantitative estimate of drug-likeness (QED) is 0.146. The summed E-state index contributed by atoms with van der Waals surface area (Å²) in [7, 11) is 0. The van der Waals surface area contributed by atoms with Crippen molar-refractivity contribution in [1.29, 1.82) is 0 Å². The lowest BCUT2D eigenvalue weighted by atomic mass is 9.87. The van der Waals surface area contributed by atoms with Gasteiger partial charge in [-0.3, -0.25) is 9.69 Å². The van der Waals surface area contributed by atoms with Crippen molar-refractivity contribution in [2.24, 2.45) is 0 Å². The Morgan fingerprint density at radius 2 is 1.74 bits per heavy atom. The van der Waals surface area contributed by atoms with E-state index in [1.165, 1.54) is 17.3 Å². The summed E-state index contributed by atoms with van der Waals surface area (Å²) in [6.45, 7) is 14.2. The van der Waals surface area contributed by atoms with Crippen LogP contribution in [0.15, 0.2) is 60.0 Å². The summed E-state index contributed by atoms with van der Waals surface area (Å²) in [6, 6.07) is 13.9. The molecule has 35 heavy (non-hydrogen) atoms. The Morgan fingerprint density at radius 1 is 1.03 bits per heavy atom. The van der Waals surface area contributed by atoms with E-state index in [9.17, 15) is 4.79 Å². The molecule has 1 fully saturated rings.